The van der Waals surface area contributed by atoms with Crippen LogP contribution in [-0.4, -0.2) is 0 Å². The minimum absolute atomic E-state index is 0.736. The Kier molecular flexibility index (Phi) is 3.24. The van der Waals surface area contributed by atoms with Crippen LogP contribution in [0.4, 0.5) is 0 Å². The van der Waals surface area contributed by atoms with Gasteiger partial charge in [-0.1, -0.05) is 45.4 Å². The van der Waals surface area contributed by atoms with Gasteiger partial charge in [0.25, 0.3) is 0 Å². The maximum absolute atomic E-state index is 4.18. The predicted molar refractivity (Wildman–Crippen MR) is 45.7 cm³/mol. The molecule has 1 saturated carbocycles. The van der Waals surface area contributed by atoms with Crippen LogP contribution in [0.3, 0.4) is 0 Å². The molecular formula is C10H19. The van der Waals surface area contributed by atoms with Crippen molar-refractivity contribution in [3.8, 4) is 0 Å². The van der Waals surface area contributed by atoms with Gasteiger partial charge in [0.2, 0.25) is 0 Å². The first kappa shape index (κ1) is 8.10. The summed E-state index contributed by atoms with van der Waals surface area (Å²) < 4.78 is 0. The fourth-order valence-corrected chi connectivity index (χ4v) is 1.75. The average Bonchev–Trinajstić information content (AvgIpc) is 1.92. The van der Waals surface area contributed by atoms with Crippen LogP contribution in [0.25, 0.3) is 0 Å². The SMILES string of the molecule is [CH2]C1CCCCCCC1C. The molecule has 2 unspecified atom stereocenters. The molecule has 0 aromatic rings. The van der Waals surface area contributed by atoms with E-state index in [4.69, 9.17) is 0 Å². The predicted octanol–water partition coefficient (Wildman–Crippen LogP) is 3.43. The van der Waals surface area contributed by atoms with Gasteiger partial charge < -0.3 is 0 Å². The Labute approximate surface area is 65.0 Å². The highest BCUT2D eigenvalue weighted by Gasteiger charge is 2.13. The van der Waals surface area contributed by atoms with Gasteiger partial charge in [0, 0.05) is 0 Å². The molecule has 1 aliphatic rings. The molecule has 0 amide bonds. The van der Waals surface area contributed by atoms with Crippen molar-refractivity contribution in [1.29, 1.82) is 0 Å². The molecule has 2 atom stereocenters. The molecule has 0 spiro atoms. The molecule has 0 heterocycles. The summed E-state index contributed by atoms with van der Waals surface area (Å²) in [6, 6.07) is 0. The first-order chi connectivity index (χ1) is 4.80. The van der Waals surface area contributed by atoms with Gasteiger partial charge in [-0.2, -0.15) is 0 Å². The largest absolute Gasteiger partial charge is 0.0622 e. The van der Waals surface area contributed by atoms with Crippen LogP contribution in [0.15, 0.2) is 0 Å². The van der Waals surface area contributed by atoms with Crippen LogP contribution in [0, 0.1) is 18.8 Å². The molecule has 0 bridgehead atoms. The Bertz CT molecular complexity index is 74.0. The van der Waals surface area contributed by atoms with Crippen LogP contribution in [-0.2, 0) is 0 Å². The molecule has 1 fully saturated rings. The molecule has 10 heavy (non-hydrogen) atoms. The minimum Gasteiger partial charge on any atom is -0.0622 e. The summed E-state index contributed by atoms with van der Waals surface area (Å²) in [6.45, 7) is 6.53. The summed E-state index contributed by atoms with van der Waals surface area (Å²) in [5.74, 6) is 1.61. The van der Waals surface area contributed by atoms with Crippen molar-refractivity contribution in [3.63, 3.8) is 0 Å². The zero-order valence-corrected chi connectivity index (χ0v) is 7.10. The van der Waals surface area contributed by atoms with Crippen molar-refractivity contribution in [2.45, 2.75) is 45.4 Å². The Balaban J connectivity index is 2.28. The molecule has 59 valence electrons. The maximum Gasteiger partial charge on any atom is -0.0388 e. The Morgan fingerprint density at radius 1 is 1.00 bits per heavy atom. The molecule has 1 radical (unpaired) electrons. The van der Waals surface area contributed by atoms with Gasteiger partial charge in [-0.05, 0) is 18.8 Å². The lowest BCUT2D eigenvalue weighted by atomic mass is 9.84. The van der Waals surface area contributed by atoms with Gasteiger partial charge in [-0.25, -0.2) is 0 Å². The topological polar surface area (TPSA) is 0 Å². The summed E-state index contributed by atoms with van der Waals surface area (Å²) in [4.78, 5) is 0. The molecule has 0 aliphatic heterocycles. The zero-order valence-electron chi connectivity index (χ0n) is 7.10. The monoisotopic (exact) mass is 139 g/mol. The number of hydrogen-bond acceptors (Lipinski definition) is 0. The van der Waals surface area contributed by atoms with Crippen molar-refractivity contribution >= 4 is 0 Å². The molecule has 0 N–H and O–H groups in total. The first-order valence-corrected chi connectivity index (χ1v) is 4.64. The van der Waals surface area contributed by atoms with E-state index in [0.717, 1.165) is 11.8 Å². The van der Waals surface area contributed by atoms with E-state index >= 15 is 0 Å². The first-order valence-electron chi connectivity index (χ1n) is 4.64. The lowest BCUT2D eigenvalue weighted by molar-refractivity contribution is 0.328. The summed E-state index contributed by atoms with van der Waals surface area (Å²) in [5.41, 5.74) is 0. The minimum atomic E-state index is 0.736. The van der Waals surface area contributed by atoms with Gasteiger partial charge in [-0.15, -0.1) is 0 Å². The molecule has 0 nitrogen and oxygen atoms in total. The van der Waals surface area contributed by atoms with Crippen LogP contribution >= 0.6 is 0 Å². The molecule has 0 saturated heterocycles. The summed E-state index contributed by atoms with van der Waals surface area (Å²) in [5, 5.41) is 0. The second-order valence-electron chi connectivity index (χ2n) is 3.73. The highest BCUT2D eigenvalue weighted by atomic mass is 14.2. The standard InChI is InChI=1S/C10H19/c1-9-7-5-3-4-6-8-10(9)2/h9-10H,1,3-8H2,2H3. The molecule has 0 heteroatoms. The normalized spacial score (nSPS) is 36.6. The second-order valence-corrected chi connectivity index (χ2v) is 3.73. The number of rotatable bonds is 0. The Morgan fingerprint density at radius 3 is 2.30 bits per heavy atom. The van der Waals surface area contributed by atoms with Crippen molar-refractivity contribution in [2.24, 2.45) is 11.8 Å². The van der Waals surface area contributed by atoms with Crippen molar-refractivity contribution in [1.82, 2.24) is 0 Å². The average molecular weight is 139 g/mol. The summed E-state index contributed by atoms with van der Waals surface area (Å²) >= 11 is 0. The van der Waals surface area contributed by atoms with E-state index in [1.54, 1.807) is 0 Å². The van der Waals surface area contributed by atoms with E-state index in [-0.39, 0.29) is 0 Å². The van der Waals surface area contributed by atoms with Crippen molar-refractivity contribution < 1.29 is 0 Å². The summed E-state index contributed by atoms with van der Waals surface area (Å²) in [7, 11) is 0. The zero-order chi connectivity index (χ0) is 7.40. The molecule has 0 aromatic heterocycles. The third kappa shape index (κ3) is 2.32. The van der Waals surface area contributed by atoms with Crippen LogP contribution in [0.2, 0.25) is 0 Å². The van der Waals surface area contributed by atoms with Crippen LogP contribution < -0.4 is 0 Å². The highest BCUT2D eigenvalue weighted by Crippen LogP contribution is 2.26. The van der Waals surface area contributed by atoms with Gasteiger partial charge >= 0.3 is 0 Å². The molecule has 1 aliphatic carbocycles. The third-order valence-electron chi connectivity index (χ3n) is 2.79. The fourth-order valence-electron chi connectivity index (χ4n) is 1.75. The van der Waals surface area contributed by atoms with Gasteiger partial charge in [0.15, 0.2) is 0 Å². The van der Waals surface area contributed by atoms with E-state index < -0.39 is 0 Å². The molecular weight excluding hydrogens is 120 g/mol. The molecule has 0 aromatic carbocycles. The van der Waals surface area contributed by atoms with Crippen molar-refractivity contribution in [2.75, 3.05) is 0 Å². The summed E-state index contributed by atoms with van der Waals surface area (Å²) in [6.07, 6.45) is 8.52. The lowest BCUT2D eigenvalue weighted by Crippen LogP contribution is -2.10. The maximum atomic E-state index is 4.18. The van der Waals surface area contributed by atoms with E-state index in [9.17, 15) is 0 Å². The molecule has 1 rings (SSSR count). The highest BCUT2D eigenvalue weighted by molar-refractivity contribution is 4.70. The van der Waals surface area contributed by atoms with Crippen LogP contribution in [0.5, 0.6) is 0 Å². The number of hydrogen-bond donors (Lipinski definition) is 0. The van der Waals surface area contributed by atoms with E-state index in [0.29, 0.717) is 0 Å². The van der Waals surface area contributed by atoms with Gasteiger partial charge in [-0.3, -0.25) is 0 Å². The van der Waals surface area contributed by atoms with Gasteiger partial charge in [0.05, 0.1) is 0 Å². The van der Waals surface area contributed by atoms with Crippen LogP contribution in [0.1, 0.15) is 45.4 Å². The Morgan fingerprint density at radius 2 is 1.60 bits per heavy atom. The Hall–Kier alpha value is 0. The van der Waals surface area contributed by atoms with Crippen molar-refractivity contribution in [3.05, 3.63) is 6.92 Å². The third-order valence-corrected chi connectivity index (χ3v) is 2.79. The van der Waals surface area contributed by atoms with E-state index in [1.807, 2.05) is 0 Å². The van der Waals surface area contributed by atoms with E-state index in [2.05, 4.69) is 13.8 Å². The van der Waals surface area contributed by atoms with E-state index in [1.165, 1.54) is 38.5 Å². The fraction of sp³-hybridized carbons (Fsp3) is 0.900. The lowest BCUT2D eigenvalue weighted by Gasteiger charge is -2.22. The smallest absolute Gasteiger partial charge is 0.0388 e. The quantitative estimate of drug-likeness (QED) is 0.482. The van der Waals surface area contributed by atoms with Gasteiger partial charge in [0.1, 0.15) is 0 Å². The second kappa shape index (κ2) is 4.00.